The maximum Gasteiger partial charge on any atom is 0.227 e. The van der Waals surface area contributed by atoms with Crippen molar-refractivity contribution in [3.05, 3.63) is 59.4 Å². The van der Waals surface area contributed by atoms with E-state index in [9.17, 15) is 9.18 Å². The minimum absolute atomic E-state index is 0.0469. The summed E-state index contributed by atoms with van der Waals surface area (Å²) in [6.07, 6.45) is 9.41. The number of halogens is 1. The van der Waals surface area contributed by atoms with Crippen molar-refractivity contribution in [2.24, 2.45) is 0 Å². The molecule has 33 heavy (non-hydrogen) atoms. The van der Waals surface area contributed by atoms with Crippen molar-refractivity contribution in [1.82, 2.24) is 24.6 Å². The van der Waals surface area contributed by atoms with E-state index in [4.69, 9.17) is 4.74 Å². The van der Waals surface area contributed by atoms with Crippen LogP contribution < -0.4 is 10.1 Å². The Morgan fingerprint density at radius 2 is 1.94 bits per heavy atom. The third kappa shape index (κ3) is 6.82. The normalized spacial score (nSPS) is 11.1. The van der Waals surface area contributed by atoms with Gasteiger partial charge in [-0.1, -0.05) is 6.92 Å². The Morgan fingerprint density at radius 3 is 2.61 bits per heavy atom. The van der Waals surface area contributed by atoms with Gasteiger partial charge in [0.15, 0.2) is 17.3 Å². The van der Waals surface area contributed by atoms with Crippen LogP contribution in [0.5, 0.6) is 5.75 Å². The molecule has 0 atom stereocenters. The number of Topliss-reactive ketones (excluding diaryl/α,β-unsaturated/α-hetero) is 1. The zero-order valence-electron chi connectivity index (χ0n) is 19.6. The van der Waals surface area contributed by atoms with Crippen molar-refractivity contribution in [3.63, 3.8) is 0 Å². The van der Waals surface area contributed by atoms with Gasteiger partial charge in [-0.3, -0.25) is 9.48 Å². The van der Waals surface area contributed by atoms with Gasteiger partial charge >= 0.3 is 0 Å². The summed E-state index contributed by atoms with van der Waals surface area (Å²) in [7, 11) is 5.50. The molecule has 0 unspecified atom stereocenters. The summed E-state index contributed by atoms with van der Waals surface area (Å²) in [6, 6.07) is 3.06. The van der Waals surface area contributed by atoms with Crippen LogP contribution in [-0.2, 0) is 19.4 Å². The van der Waals surface area contributed by atoms with E-state index in [2.05, 4.69) is 39.4 Å². The third-order valence-corrected chi connectivity index (χ3v) is 5.25. The molecule has 0 amide bonds. The monoisotopic (exact) mass is 454 g/mol. The topological polar surface area (TPSA) is 85.2 Å². The fourth-order valence-corrected chi connectivity index (χ4v) is 3.41. The highest BCUT2D eigenvalue weighted by Crippen LogP contribution is 2.25. The van der Waals surface area contributed by atoms with Crippen molar-refractivity contribution in [2.45, 2.75) is 39.2 Å². The fourth-order valence-electron chi connectivity index (χ4n) is 3.41. The van der Waals surface area contributed by atoms with Crippen LogP contribution in [-0.4, -0.2) is 58.2 Å². The molecule has 0 aliphatic rings. The van der Waals surface area contributed by atoms with E-state index in [0.717, 1.165) is 30.8 Å². The number of aryl methyl sites for hydroxylation is 3. The molecular weight excluding hydrogens is 423 g/mol. The van der Waals surface area contributed by atoms with Crippen LogP contribution in [0.1, 0.15) is 41.3 Å². The zero-order chi connectivity index (χ0) is 23.8. The molecule has 0 radical (unpaired) electrons. The van der Waals surface area contributed by atoms with Crippen molar-refractivity contribution < 1.29 is 13.9 Å². The Hall–Kier alpha value is -3.33. The summed E-state index contributed by atoms with van der Waals surface area (Å²) in [5.74, 6) is 0.0682. The van der Waals surface area contributed by atoms with Crippen molar-refractivity contribution in [1.29, 1.82) is 0 Å². The van der Waals surface area contributed by atoms with Crippen LogP contribution in [0.4, 0.5) is 16.0 Å². The van der Waals surface area contributed by atoms with E-state index in [0.29, 0.717) is 36.3 Å². The van der Waals surface area contributed by atoms with Gasteiger partial charge in [-0.25, -0.2) is 14.4 Å². The molecule has 0 spiro atoms. The second kappa shape index (κ2) is 11.5. The molecule has 0 aliphatic heterocycles. The van der Waals surface area contributed by atoms with Crippen molar-refractivity contribution >= 4 is 17.4 Å². The second-order valence-corrected chi connectivity index (χ2v) is 8.12. The van der Waals surface area contributed by atoms with Gasteiger partial charge in [-0.05, 0) is 63.2 Å². The molecule has 3 rings (SSSR count). The number of rotatable bonds is 12. The number of ketones is 1. The standard InChI is InChI=1S/C24H31FN6O2/c1-5-21(32)19-11-18(23(25)22(12-19)33-4)8-7-17-13-26-24(27-14-17)29-20-15-28-31(16-20)10-6-9-30(2)3/h11-16H,5-10H2,1-4H3,(H,26,27,29). The average molecular weight is 455 g/mol. The largest absolute Gasteiger partial charge is 0.494 e. The predicted molar refractivity (Wildman–Crippen MR) is 126 cm³/mol. The number of carbonyl (C=O) groups excluding carboxylic acids is 1. The van der Waals surface area contributed by atoms with Crippen LogP contribution in [0, 0.1) is 5.82 Å². The van der Waals surface area contributed by atoms with E-state index >= 15 is 0 Å². The third-order valence-electron chi connectivity index (χ3n) is 5.25. The van der Waals surface area contributed by atoms with E-state index < -0.39 is 5.82 Å². The summed E-state index contributed by atoms with van der Waals surface area (Å²) < 4.78 is 21.7. The molecular formula is C24H31FN6O2. The second-order valence-electron chi connectivity index (χ2n) is 8.12. The summed E-state index contributed by atoms with van der Waals surface area (Å²) in [6.45, 7) is 3.62. The SMILES string of the molecule is CCC(=O)c1cc(CCc2cnc(Nc3cnn(CCCN(C)C)c3)nc2)c(F)c(OC)c1. The van der Waals surface area contributed by atoms with Gasteiger partial charge in [-0.15, -0.1) is 0 Å². The number of aromatic nitrogens is 4. The maximum atomic E-state index is 14.7. The lowest BCUT2D eigenvalue weighted by atomic mass is 10.00. The molecule has 1 aromatic carbocycles. The number of benzene rings is 1. The molecule has 3 aromatic rings. The van der Waals surface area contributed by atoms with Crippen LogP contribution in [0.3, 0.4) is 0 Å². The zero-order valence-corrected chi connectivity index (χ0v) is 19.6. The minimum atomic E-state index is -0.438. The number of carbonyl (C=O) groups is 1. The first kappa shape index (κ1) is 24.3. The van der Waals surface area contributed by atoms with Gasteiger partial charge in [-0.2, -0.15) is 5.10 Å². The van der Waals surface area contributed by atoms with E-state index in [1.807, 2.05) is 10.9 Å². The van der Waals surface area contributed by atoms with Crippen LogP contribution in [0.2, 0.25) is 0 Å². The smallest absolute Gasteiger partial charge is 0.227 e. The van der Waals surface area contributed by atoms with Crippen molar-refractivity contribution in [2.75, 3.05) is 33.1 Å². The summed E-state index contributed by atoms with van der Waals surface area (Å²) in [5.41, 5.74) is 2.59. The number of nitrogens with one attached hydrogen (secondary N) is 1. The number of nitrogens with zero attached hydrogens (tertiary/aromatic N) is 5. The van der Waals surface area contributed by atoms with Gasteiger partial charge in [0.25, 0.3) is 0 Å². The van der Waals surface area contributed by atoms with E-state index in [-0.39, 0.29) is 11.5 Å². The highest BCUT2D eigenvalue weighted by molar-refractivity contribution is 5.96. The fraction of sp³-hybridized carbons (Fsp3) is 0.417. The Morgan fingerprint density at radius 1 is 1.18 bits per heavy atom. The molecule has 0 bridgehead atoms. The number of ether oxygens (including phenoxy) is 1. The Kier molecular flexibility index (Phi) is 8.48. The van der Waals surface area contributed by atoms with E-state index in [1.54, 1.807) is 31.6 Å². The molecule has 0 fully saturated rings. The minimum Gasteiger partial charge on any atom is -0.494 e. The molecule has 176 valence electrons. The summed E-state index contributed by atoms with van der Waals surface area (Å²) in [5, 5.41) is 7.49. The predicted octanol–water partition coefficient (Wildman–Crippen LogP) is 3.89. The molecule has 0 aliphatic carbocycles. The van der Waals surface area contributed by atoms with Crippen LogP contribution >= 0.6 is 0 Å². The lowest BCUT2D eigenvalue weighted by Gasteiger charge is -2.11. The molecule has 1 N–H and O–H groups in total. The lowest BCUT2D eigenvalue weighted by molar-refractivity contribution is 0.0987. The lowest BCUT2D eigenvalue weighted by Crippen LogP contribution is -2.15. The Balaban J connectivity index is 1.59. The average Bonchev–Trinajstić information content (AvgIpc) is 3.25. The summed E-state index contributed by atoms with van der Waals surface area (Å²) >= 11 is 0. The first-order valence-electron chi connectivity index (χ1n) is 11.0. The van der Waals surface area contributed by atoms with Gasteiger partial charge in [0.2, 0.25) is 5.95 Å². The van der Waals surface area contributed by atoms with Crippen LogP contribution in [0.25, 0.3) is 0 Å². The molecule has 0 saturated heterocycles. The van der Waals surface area contributed by atoms with Gasteiger partial charge in [0, 0.05) is 37.1 Å². The Bertz CT molecular complexity index is 1070. The molecule has 9 heteroatoms. The summed E-state index contributed by atoms with van der Waals surface area (Å²) in [4.78, 5) is 22.9. The Labute approximate surface area is 193 Å². The quantitative estimate of drug-likeness (QED) is 0.416. The maximum absolute atomic E-state index is 14.7. The molecule has 2 aromatic heterocycles. The van der Waals surface area contributed by atoms with Crippen molar-refractivity contribution in [3.8, 4) is 5.75 Å². The highest BCUT2D eigenvalue weighted by Gasteiger charge is 2.15. The number of anilines is 2. The highest BCUT2D eigenvalue weighted by atomic mass is 19.1. The molecule has 0 saturated carbocycles. The van der Waals surface area contributed by atoms with Gasteiger partial charge < -0.3 is 15.0 Å². The number of methoxy groups -OCH3 is 1. The molecule has 2 heterocycles. The van der Waals surface area contributed by atoms with Crippen LogP contribution in [0.15, 0.2) is 36.9 Å². The van der Waals surface area contributed by atoms with Gasteiger partial charge in [0.05, 0.1) is 19.0 Å². The van der Waals surface area contributed by atoms with E-state index in [1.165, 1.54) is 13.2 Å². The van der Waals surface area contributed by atoms with Gasteiger partial charge in [0.1, 0.15) is 0 Å². The first-order chi connectivity index (χ1) is 15.9. The first-order valence-corrected chi connectivity index (χ1v) is 11.0. The molecule has 8 nitrogen and oxygen atoms in total. The number of hydrogen-bond donors (Lipinski definition) is 1. The number of hydrogen-bond acceptors (Lipinski definition) is 7.